The first kappa shape index (κ1) is 13.1. The van der Waals surface area contributed by atoms with Crippen molar-refractivity contribution in [2.24, 2.45) is 0 Å². The predicted octanol–water partition coefficient (Wildman–Crippen LogP) is 2.44. The largest absolute Gasteiger partial charge is 0.467 e. The number of rotatable bonds is 4. The van der Waals surface area contributed by atoms with Crippen LogP contribution in [0.2, 0.25) is 0 Å². The summed E-state index contributed by atoms with van der Waals surface area (Å²) in [6.07, 6.45) is 1.91. The highest BCUT2D eigenvalue weighted by Crippen LogP contribution is 2.24. The average Bonchev–Trinajstić information content (AvgIpc) is 2.46. The first-order valence-electron chi connectivity index (χ1n) is 6.21. The maximum Gasteiger partial charge on any atom is 0.339 e. The van der Waals surface area contributed by atoms with Crippen LogP contribution in [0.3, 0.4) is 0 Å². The predicted molar refractivity (Wildman–Crippen MR) is 65.9 cm³/mol. The molecule has 1 fully saturated rings. The molecule has 18 heavy (non-hydrogen) atoms. The number of hydrogen-bond donors (Lipinski definition) is 0. The number of ether oxygens (including phenoxy) is 3. The number of hydrogen-bond acceptors (Lipinski definition) is 4. The van der Waals surface area contributed by atoms with Crippen molar-refractivity contribution in [3.63, 3.8) is 0 Å². The quantitative estimate of drug-likeness (QED) is 0.770. The van der Waals surface area contributed by atoms with E-state index >= 15 is 0 Å². The molecule has 4 heteroatoms. The Morgan fingerprint density at radius 1 is 1.33 bits per heavy atom. The van der Waals surface area contributed by atoms with Crippen molar-refractivity contribution in [3.05, 3.63) is 35.9 Å². The molecule has 0 radical (unpaired) electrons. The van der Waals surface area contributed by atoms with Gasteiger partial charge >= 0.3 is 5.97 Å². The van der Waals surface area contributed by atoms with E-state index in [9.17, 15) is 4.79 Å². The lowest BCUT2D eigenvalue weighted by molar-refractivity contribution is -0.204. The van der Waals surface area contributed by atoms with Crippen molar-refractivity contribution >= 4 is 5.97 Å². The van der Waals surface area contributed by atoms with Gasteiger partial charge in [-0.2, -0.15) is 0 Å². The summed E-state index contributed by atoms with van der Waals surface area (Å²) >= 11 is 0. The van der Waals surface area contributed by atoms with Crippen LogP contribution < -0.4 is 0 Å². The lowest BCUT2D eigenvalue weighted by Gasteiger charge is -2.26. The highest BCUT2D eigenvalue weighted by molar-refractivity contribution is 5.76. The number of methoxy groups -OCH3 is 1. The lowest BCUT2D eigenvalue weighted by atomic mass is 10.1. The van der Waals surface area contributed by atoms with E-state index < -0.39 is 12.1 Å². The number of esters is 1. The standard InChI is InChI=1S/C14H18O4/c1-16-14(15)13(11-7-3-2-4-8-11)18-12-9-5-6-10-17-12/h2-4,7-8,12-13H,5-6,9-10H2,1H3. The minimum absolute atomic E-state index is 0.317. The Bertz CT molecular complexity index is 371. The normalized spacial score (nSPS) is 21.3. The minimum atomic E-state index is -0.709. The van der Waals surface area contributed by atoms with Gasteiger partial charge < -0.3 is 14.2 Å². The molecule has 2 unspecified atom stereocenters. The van der Waals surface area contributed by atoms with Crippen LogP contribution in [0.25, 0.3) is 0 Å². The molecule has 1 heterocycles. The molecule has 1 aromatic carbocycles. The van der Waals surface area contributed by atoms with Crippen LogP contribution >= 0.6 is 0 Å². The third kappa shape index (κ3) is 3.31. The minimum Gasteiger partial charge on any atom is -0.467 e. The van der Waals surface area contributed by atoms with Gasteiger partial charge in [-0.05, 0) is 24.8 Å². The van der Waals surface area contributed by atoms with Gasteiger partial charge in [0.05, 0.1) is 7.11 Å². The molecule has 0 aromatic heterocycles. The molecule has 98 valence electrons. The summed E-state index contributed by atoms with van der Waals surface area (Å²) in [5.41, 5.74) is 0.790. The third-order valence-electron chi connectivity index (χ3n) is 2.94. The second-order valence-electron chi connectivity index (χ2n) is 4.25. The summed E-state index contributed by atoms with van der Waals surface area (Å²) < 4.78 is 16.0. The first-order valence-corrected chi connectivity index (χ1v) is 6.21. The molecule has 1 aromatic rings. The molecule has 2 atom stereocenters. The van der Waals surface area contributed by atoms with Gasteiger partial charge in [0.25, 0.3) is 0 Å². The van der Waals surface area contributed by atoms with Crippen molar-refractivity contribution in [2.45, 2.75) is 31.7 Å². The summed E-state index contributed by atoms with van der Waals surface area (Å²) in [4.78, 5) is 11.8. The molecule has 4 nitrogen and oxygen atoms in total. The lowest BCUT2D eigenvalue weighted by Crippen LogP contribution is -2.28. The number of benzene rings is 1. The third-order valence-corrected chi connectivity index (χ3v) is 2.94. The van der Waals surface area contributed by atoms with E-state index in [1.165, 1.54) is 7.11 Å². The summed E-state index contributed by atoms with van der Waals surface area (Å²) in [5, 5.41) is 0. The van der Waals surface area contributed by atoms with Crippen LogP contribution in [0.5, 0.6) is 0 Å². The zero-order chi connectivity index (χ0) is 12.8. The Balaban J connectivity index is 2.07. The SMILES string of the molecule is COC(=O)C(OC1CCCCO1)c1ccccc1. The Morgan fingerprint density at radius 3 is 2.72 bits per heavy atom. The van der Waals surface area contributed by atoms with E-state index in [1.807, 2.05) is 30.3 Å². The molecule has 1 aliphatic rings. The molecule has 0 amide bonds. The van der Waals surface area contributed by atoms with E-state index in [0.29, 0.717) is 6.61 Å². The summed E-state index contributed by atoms with van der Waals surface area (Å²) in [5.74, 6) is -0.393. The van der Waals surface area contributed by atoms with Gasteiger partial charge in [0.15, 0.2) is 12.4 Å². The molecule has 0 spiro atoms. The fraction of sp³-hybridized carbons (Fsp3) is 0.500. The maximum absolute atomic E-state index is 11.8. The molecule has 0 N–H and O–H groups in total. The van der Waals surface area contributed by atoms with Crippen molar-refractivity contribution in [1.82, 2.24) is 0 Å². The van der Waals surface area contributed by atoms with E-state index in [4.69, 9.17) is 14.2 Å². The van der Waals surface area contributed by atoms with Crippen LogP contribution in [-0.4, -0.2) is 26.0 Å². The van der Waals surface area contributed by atoms with Gasteiger partial charge in [-0.1, -0.05) is 30.3 Å². The molecule has 1 aliphatic heterocycles. The van der Waals surface area contributed by atoms with Crippen LogP contribution in [0.4, 0.5) is 0 Å². The van der Waals surface area contributed by atoms with Gasteiger partial charge in [0.1, 0.15) is 0 Å². The molecule has 0 aliphatic carbocycles. The zero-order valence-corrected chi connectivity index (χ0v) is 10.5. The molecular weight excluding hydrogens is 232 g/mol. The Hall–Kier alpha value is -1.39. The maximum atomic E-state index is 11.8. The average molecular weight is 250 g/mol. The van der Waals surface area contributed by atoms with Crippen LogP contribution in [0.15, 0.2) is 30.3 Å². The highest BCUT2D eigenvalue weighted by atomic mass is 16.7. The van der Waals surface area contributed by atoms with E-state index in [-0.39, 0.29) is 6.29 Å². The van der Waals surface area contributed by atoms with Crippen molar-refractivity contribution in [3.8, 4) is 0 Å². The fourth-order valence-corrected chi connectivity index (χ4v) is 1.98. The fourth-order valence-electron chi connectivity index (χ4n) is 1.98. The van der Waals surface area contributed by atoms with Crippen molar-refractivity contribution in [1.29, 1.82) is 0 Å². The second-order valence-corrected chi connectivity index (χ2v) is 4.25. The number of carbonyl (C=O) groups is 1. The van der Waals surface area contributed by atoms with Crippen molar-refractivity contribution < 1.29 is 19.0 Å². The van der Waals surface area contributed by atoms with E-state index in [1.54, 1.807) is 0 Å². The topological polar surface area (TPSA) is 44.8 Å². The zero-order valence-electron chi connectivity index (χ0n) is 10.5. The van der Waals surface area contributed by atoms with Gasteiger partial charge in [-0.25, -0.2) is 4.79 Å². The highest BCUT2D eigenvalue weighted by Gasteiger charge is 2.27. The monoisotopic (exact) mass is 250 g/mol. The second kappa shape index (κ2) is 6.52. The summed E-state index contributed by atoms with van der Waals surface area (Å²) in [7, 11) is 1.36. The van der Waals surface area contributed by atoms with Gasteiger partial charge in [-0.3, -0.25) is 0 Å². The smallest absolute Gasteiger partial charge is 0.339 e. The van der Waals surface area contributed by atoms with E-state index in [2.05, 4.69) is 0 Å². The first-order chi connectivity index (χ1) is 8.81. The number of carbonyl (C=O) groups excluding carboxylic acids is 1. The van der Waals surface area contributed by atoms with Crippen molar-refractivity contribution in [2.75, 3.05) is 13.7 Å². The Labute approximate surface area is 107 Å². The Kier molecular flexibility index (Phi) is 4.73. The molecular formula is C14H18O4. The Morgan fingerprint density at radius 2 is 2.11 bits per heavy atom. The van der Waals surface area contributed by atoms with Crippen LogP contribution in [0.1, 0.15) is 30.9 Å². The van der Waals surface area contributed by atoms with E-state index in [0.717, 1.165) is 24.8 Å². The van der Waals surface area contributed by atoms with Crippen LogP contribution in [0, 0.1) is 0 Å². The van der Waals surface area contributed by atoms with Crippen LogP contribution in [-0.2, 0) is 19.0 Å². The summed E-state index contributed by atoms with van der Waals surface area (Å²) in [6, 6.07) is 9.34. The summed E-state index contributed by atoms with van der Waals surface area (Å²) in [6.45, 7) is 0.688. The van der Waals surface area contributed by atoms with Gasteiger partial charge in [0.2, 0.25) is 0 Å². The molecule has 1 saturated heterocycles. The van der Waals surface area contributed by atoms with Gasteiger partial charge in [-0.15, -0.1) is 0 Å². The molecule has 0 bridgehead atoms. The molecule has 0 saturated carbocycles. The molecule has 2 rings (SSSR count). The van der Waals surface area contributed by atoms with Gasteiger partial charge in [0, 0.05) is 6.61 Å².